The van der Waals surface area contributed by atoms with E-state index < -0.39 is 5.82 Å². The topological polar surface area (TPSA) is 65.0 Å². The smallest absolute Gasteiger partial charge is 0.316 e. The number of rotatable bonds is 4. The number of nitrogens with zero attached hydrogens (tertiary/aromatic N) is 3. The first-order valence-electron chi connectivity index (χ1n) is 6.33. The van der Waals surface area contributed by atoms with E-state index in [1.54, 1.807) is 12.3 Å². The van der Waals surface area contributed by atoms with Crippen LogP contribution >= 0.6 is 11.8 Å². The predicted octanol–water partition coefficient (Wildman–Crippen LogP) is 2.97. The maximum absolute atomic E-state index is 12.8. The monoisotopic (exact) mass is 309 g/mol. The number of carbonyl (C=O) groups is 1. The number of hydrogen-bond acceptors (Lipinski definition) is 6. The predicted molar refractivity (Wildman–Crippen MR) is 79.3 cm³/mol. The molecule has 0 amide bonds. The largest absolute Gasteiger partial charge is 0.468 e. The second kappa shape index (κ2) is 9.02. The van der Waals surface area contributed by atoms with E-state index in [-0.39, 0.29) is 11.7 Å². The van der Waals surface area contributed by atoms with Gasteiger partial charge in [0, 0.05) is 6.20 Å². The summed E-state index contributed by atoms with van der Waals surface area (Å²) in [7, 11) is 1.32. The number of methoxy groups -OCH3 is 1. The summed E-state index contributed by atoms with van der Waals surface area (Å²) in [6, 6.07) is 4.51. The molecule has 0 aliphatic carbocycles. The summed E-state index contributed by atoms with van der Waals surface area (Å²) in [6.45, 7) is 4.00. The summed E-state index contributed by atoms with van der Waals surface area (Å²) in [5.41, 5.74) is 1.12. The van der Waals surface area contributed by atoms with Crippen molar-refractivity contribution < 1.29 is 13.9 Å². The summed E-state index contributed by atoms with van der Waals surface area (Å²) in [4.78, 5) is 23.2. The minimum absolute atomic E-state index is 0.136. The number of esters is 1. The lowest BCUT2D eigenvalue weighted by Crippen LogP contribution is -2.04. The molecule has 2 rings (SSSR count). The number of halogens is 1. The molecular formula is C14H16FN3O2S. The van der Waals surface area contributed by atoms with Crippen molar-refractivity contribution in [1.29, 1.82) is 0 Å². The van der Waals surface area contributed by atoms with Crippen LogP contribution in [0, 0.1) is 5.82 Å². The molecule has 21 heavy (non-hydrogen) atoms. The molecule has 0 fully saturated rings. The molecule has 112 valence electrons. The molecule has 7 heteroatoms. The maximum Gasteiger partial charge on any atom is 0.316 e. The number of aromatic nitrogens is 3. The van der Waals surface area contributed by atoms with E-state index in [0.29, 0.717) is 16.5 Å². The van der Waals surface area contributed by atoms with Crippen molar-refractivity contribution in [3.63, 3.8) is 0 Å². The Morgan fingerprint density at radius 2 is 2.00 bits per heavy atom. The van der Waals surface area contributed by atoms with Crippen LogP contribution in [0.25, 0.3) is 11.4 Å². The van der Waals surface area contributed by atoms with Crippen LogP contribution in [0.15, 0.2) is 35.7 Å². The van der Waals surface area contributed by atoms with Gasteiger partial charge in [-0.1, -0.05) is 25.6 Å². The Morgan fingerprint density at radius 1 is 1.24 bits per heavy atom. The van der Waals surface area contributed by atoms with Crippen LogP contribution in [0.1, 0.15) is 13.8 Å². The van der Waals surface area contributed by atoms with Gasteiger partial charge in [0.2, 0.25) is 0 Å². The fourth-order valence-electron chi connectivity index (χ4n) is 1.26. The van der Waals surface area contributed by atoms with Gasteiger partial charge in [0.25, 0.3) is 0 Å². The van der Waals surface area contributed by atoms with Crippen molar-refractivity contribution in [2.75, 3.05) is 12.9 Å². The molecule has 2 aromatic rings. The Labute approximate surface area is 127 Å². The van der Waals surface area contributed by atoms with Crippen LogP contribution in [0.5, 0.6) is 0 Å². The Kier molecular flexibility index (Phi) is 7.31. The van der Waals surface area contributed by atoms with Crippen molar-refractivity contribution >= 4 is 17.7 Å². The summed E-state index contributed by atoms with van der Waals surface area (Å²) in [6.07, 6.45) is 2.69. The quantitative estimate of drug-likeness (QED) is 0.491. The molecule has 2 aromatic heterocycles. The van der Waals surface area contributed by atoms with E-state index in [2.05, 4.69) is 19.7 Å². The summed E-state index contributed by atoms with van der Waals surface area (Å²) in [5.74, 6) is -0.617. The average Bonchev–Trinajstić information content (AvgIpc) is 2.55. The maximum atomic E-state index is 12.8. The molecule has 0 unspecified atom stereocenters. The molecule has 2 heterocycles. The van der Waals surface area contributed by atoms with E-state index in [4.69, 9.17) is 0 Å². The van der Waals surface area contributed by atoms with Gasteiger partial charge in [0.1, 0.15) is 5.82 Å². The van der Waals surface area contributed by atoms with E-state index in [9.17, 15) is 9.18 Å². The number of thioether (sulfide) groups is 1. The summed E-state index contributed by atoms with van der Waals surface area (Å²) < 4.78 is 17.3. The fourth-order valence-corrected chi connectivity index (χ4v) is 1.93. The third-order valence-corrected chi connectivity index (χ3v) is 3.01. The standard InChI is InChI=1S/C12H10FN3O2S.C2H6/c1-18-11(17)7-19-12-14-5-4-10(16-12)9-3-2-8(13)6-15-9;1-2/h2-6H,7H2,1H3;1-2H3. The third kappa shape index (κ3) is 5.47. The SMILES string of the molecule is CC.COC(=O)CSc1nccc(-c2ccc(F)cn2)n1. The highest BCUT2D eigenvalue weighted by Gasteiger charge is 2.07. The minimum Gasteiger partial charge on any atom is -0.468 e. The van der Waals surface area contributed by atoms with Gasteiger partial charge in [-0.3, -0.25) is 9.78 Å². The first kappa shape index (κ1) is 17.0. The first-order valence-corrected chi connectivity index (χ1v) is 7.32. The highest BCUT2D eigenvalue weighted by atomic mass is 32.2. The zero-order valence-electron chi connectivity index (χ0n) is 12.0. The van der Waals surface area contributed by atoms with Gasteiger partial charge < -0.3 is 4.74 Å². The molecular weight excluding hydrogens is 293 g/mol. The van der Waals surface area contributed by atoms with Crippen LogP contribution in [0.4, 0.5) is 4.39 Å². The lowest BCUT2D eigenvalue weighted by atomic mass is 10.2. The second-order valence-corrected chi connectivity index (χ2v) is 4.39. The molecule has 0 aliphatic heterocycles. The van der Waals surface area contributed by atoms with Crippen LogP contribution in [0.3, 0.4) is 0 Å². The van der Waals surface area contributed by atoms with Crippen LogP contribution in [0.2, 0.25) is 0 Å². The van der Waals surface area contributed by atoms with E-state index in [0.717, 1.165) is 6.20 Å². The van der Waals surface area contributed by atoms with Gasteiger partial charge in [0.15, 0.2) is 5.16 Å². The number of hydrogen-bond donors (Lipinski definition) is 0. The van der Waals surface area contributed by atoms with E-state index >= 15 is 0 Å². The lowest BCUT2D eigenvalue weighted by Gasteiger charge is -2.02. The zero-order valence-corrected chi connectivity index (χ0v) is 12.9. The normalized spacial score (nSPS) is 9.52. The van der Waals surface area contributed by atoms with Crippen molar-refractivity contribution in [2.45, 2.75) is 19.0 Å². The molecule has 0 aromatic carbocycles. The zero-order chi connectivity index (χ0) is 15.7. The van der Waals surface area contributed by atoms with Crippen molar-refractivity contribution in [2.24, 2.45) is 0 Å². The van der Waals surface area contributed by atoms with Crippen LogP contribution in [-0.4, -0.2) is 33.8 Å². The molecule has 0 N–H and O–H groups in total. The highest BCUT2D eigenvalue weighted by Crippen LogP contribution is 2.18. The minimum atomic E-state index is -0.405. The van der Waals surface area contributed by atoms with Crippen LogP contribution < -0.4 is 0 Å². The summed E-state index contributed by atoms with van der Waals surface area (Å²) >= 11 is 1.17. The van der Waals surface area contributed by atoms with E-state index in [1.165, 1.54) is 31.0 Å². The Morgan fingerprint density at radius 3 is 2.62 bits per heavy atom. The van der Waals surface area contributed by atoms with Gasteiger partial charge in [-0.15, -0.1) is 0 Å². The van der Waals surface area contributed by atoms with E-state index in [1.807, 2.05) is 13.8 Å². The Balaban J connectivity index is 0.00000106. The molecule has 0 saturated carbocycles. The highest BCUT2D eigenvalue weighted by molar-refractivity contribution is 7.99. The average molecular weight is 309 g/mol. The third-order valence-electron chi connectivity index (χ3n) is 2.17. The molecule has 0 saturated heterocycles. The number of carbonyl (C=O) groups excluding carboxylic acids is 1. The Bertz CT molecular complexity index is 579. The molecule has 0 spiro atoms. The number of pyridine rings is 1. The van der Waals surface area contributed by atoms with Crippen molar-refractivity contribution in [3.05, 3.63) is 36.4 Å². The Hall–Kier alpha value is -2.02. The van der Waals surface area contributed by atoms with Gasteiger partial charge in [-0.05, 0) is 18.2 Å². The van der Waals surface area contributed by atoms with Gasteiger partial charge in [-0.2, -0.15) is 0 Å². The molecule has 0 aliphatic rings. The molecule has 0 atom stereocenters. The lowest BCUT2D eigenvalue weighted by molar-refractivity contribution is -0.137. The van der Waals surface area contributed by atoms with Crippen LogP contribution in [-0.2, 0) is 9.53 Å². The molecule has 0 radical (unpaired) electrons. The first-order chi connectivity index (χ1) is 10.2. The molecule has 5 nitrogen and oxygen atoms in total. The fraction of sp³-hybridized carbons (Fsp3) is 0.286. The second-order valence-electron chi connectivity index (χ2n) is 3.45. The van der Waals surface area contributed by atoms with Gasteiger partial charge >= 0.3 is 5.97 Å². The summed E-state index contributed by atoms with van der Waals surface area (Å²) in [5, 5.41) is 0.439. The van der Waals surface area contributed by atoms with Crippen molar-refractivity contribution in [1.82, 2.24) is 15.0 Å². The van der Waals surface area contributed by atoms with Crippen molar-refractivity contribution in [3.8, 4) is 11.4 Å². The van der Waals surface area contributed by atoms with Gasteiger partial charge in [0.05, 0.1) is 30.4 Å². The van der Waals surface area contributed by atoms with Gasteiger partial charge in [-0.25, -0.2) is 14.4 Å². The number of ether oxygens (including phenoxy) is 1. The molecule has 0 bridgehead atoms.